The van der Waals surface area contributed by atoms with Crippen molar-refractivity contribution in [3.63, 3.8) is 0 Å². The second-order valence-corrected chi connectivity index (χ2v) is 4.69. The van der Waals surface area contributed by atoms with Crippen molar-refractivity contribution >= 4 is 12.1 Å². The largest absolute Gasteiger partial charge is 0.481 e. The van der Waals surface area contributed by atoms with Gasteiger partial charge in [-0.05, 0) is 12.0 Å². The number of alkyl halides is 3. The maximum absolute atomic E-state index is 13.1. The number of halogens is 3. The molecule has 0 fully saturated rings. The van der Waals surface area contributed by atoms with Crippen LogP contribution >= 0.6 is 0 Å². The lowest BCUT2D eigenvalue weighted by atomic mass is 9.91. The zero-order valence-corrected chi connectivity index (χ0v) is 11.8. The van der Waals surface area contributed by atoms with E-state index in [1.807, 2.05) is 0 Å². The minimum atomic E-state index is -4.91. The Kier molecular flexibility index (Phi) is 5.78. The molecule has 0 heterocycles. The molecule has 0 aliphatic heterocycles. The van der Waals surface area contributed by atoms with Crippen LogP contribution in [0, 0.1) is 0 Å². The molecule has 1 amide bonds. The third-order valence-electron chi connectivity index (χ3n) is 3.15. The lowest BCUT2D eigenvalue weighted by Crippen LogP contribution is -2.59. The summed E-state index contributed by atoms with van der Waals surface area (Å²) in [6.07, 6.45) is -8.12. The standard InChI is InChI=1S/C14H16F3NO4/c1-2-13(8-11(19)20,14(15,16)17)18-12(21)22-9-10-6-4-3-5-7-10/h3-7H,2,8-9H2,1H3,(H,18,21)(H,19,20). The predicted octanol–water partition coefficient (Wildman–Crippen LogP) is 3.10. The summed E-state index contributed by atoms with van der Waals surface area (Å²) in [6.45, 7) is 0.936. The molecule has 1 aromatic rings. The van der Waals surface area contributed by atoms with Gasteiger partial charge in [-0.25, -0.2) is 4.79 Å². The number of ether oxygens (including phenoxy) is 1. The van der Waals surface area contributed by atoms with Crippen LogP contribution in [0.1, 0.15) is 25.3 Å². The third kappa shape index (κ3) is 4.64. The fourth-order valence-corrected chi connectivity index (χ4v) is 1.84. The molecule has 0 saturated carbocycles. The normalized spacial score (nSPS) is 14.0. The van der Waals surface area contributed by atoms with Crippen LogP contribution in [0.15, 0.2) is 30.3 Å². The average molecular weight is 319 g/mol. The molecule has 0 saturated heterocycles. The van der Waals surface area contributed by atoms with Gasteiger partial charge < -0.3 is 15.2 Å². The number of rotatable bonds is 6. The van der Waals surface area contributed by atoms with Gasteiger partial charge in [0.05, 0.1) is 6.42 Å². The van der Waals surface area contributed by atoms with E-state index in [1.165, 1.54) is 0 Å². The first kappa shape index (κ1) is 17.8. The number of alkyl carbamates (subject to hydrolysis) is 1. The molecular weight excluding hydrogens is 303 g/mol. The van der Waals surface area contributed by atoms with Gasteiger partial charge in [0, 0.05) is 0 Å². The van der Waals surface area contributed by atoms with Gasteiger partial charge in [0.1, 0.15) is 12.1 Å². The van der Waals surface area contributed by atoms with Crippen molar-refractivity contribution in [2.75, 3.05) is 0 Å². The monoisotopic (exact) mass is 319 g/mol. The summed E-state index contributed by atoms with van der Waals surface area (Å²) >= 11 is 0. The molecule has 0 aromatic heterocycles. The number of hydrogen-bond donors (Lipinski definition) is 2. The quantitative estimate of drug-likeness (QED) is 0.845. The van der Waals surface area contributed by atoms with E-state index in [9.17, 15) is 22.8 Å². The van der Waals surface area contributed by atoms with E-state index < -0.39 is 36.6 Å². The van der Waals surface area contributed by atoms with Gasteiger partial charge in [-0.15, -0.1) is 0 Å². The van der Waals surface area contributed by atoms with Gasteiger partial charge in [-0.2, -0.15) is 13.2 Å². The van der Waals surface area contributed by atoms with Gasteiger partial charge in [-0.3, -0.25) is 4.79 Å². The van der Waals surface area contributed by atoms with Crippen LogP contribution in [0.25, 0.3) is 0 Å². The maximum atomic E-state index is 13.1. The van der Waals surface area contributed by atoms with Crippen LogP contribution in [0.4, 0.5) is 18.0 Å². The number of carbonyl (C=O) groups excluding carboxylic acids is 1. The Balaban J connectivity index is 2.76. The van der Waals surface area contributed by atoms with Crippen molar-refractivity contribution in [3.8, 4) is 0 Å². The molecule has 0 bridgehead atoms. The molecule has 0 spiro atoms. The fraction of sp³-hybridized carbons (Fsp3) is 0.429. The summed E-state index contributed by atoms with van der Waals surface area (Å²) in [5, 5.41) is 10.3. The molecular formula is C14H16F3NO4. The minimum Gasteiger partial charge on any atom is -0.481 e. The summed E-state index contributed by atoms with van der Waals surface area (Å²) in [5.41, 5.74) is -2.25. The van der Waals surface area contributed by atoms with Crippen LogP contribution in [-0.4, -0.2) is 28.9 Å². The zero-order chi connectivity index (χ0) is 16.8. The number of amides is 1. The molecule has 22 heavy (non-hydrogen) atoms. The van der Waals surface area contributed by atoms with Crippen molar-refractivity contribution in [1.29, 1.82) is 0 Å². The summed E-state index contributed by atoms with van der Waals surface area (Å²) in [5.74, 6) is -1.66. The molecule has 1 aromatic carbocycles. The van der Waals surface area contributed by atoms with Crippen LogP contribution in [0.5, 0.6) is 0 Å². The first-order chi connectivity index (χ1) is 10.2. The summed E-state index contributed by atoms with van der Waals surface area (Å²) in [6, 6.07) is 8.39. The van der Waals surface area contributed by atoms with E-state index >= 15 is 0 Å². The number of aliphatic carboxylic acids is 1. The third-order valence-corrected chi connectivity index (χ3v) is 3.15. The second kappa shape index (κ2) is 7.15. The van der Waals surface area contributed by atoms with Gasteiger partial charge in [0.15, 0.2) is 0 Å². The highest BCUT2D eigenvalue weighted by molar-refractivity contribution is 5.73. The highest BCUT2D eigenvalue weighted by atomic mass is 19.4. The summed E-state index contributed by atoms with van der Waals surface area (Å²) < 4.78 is 44.1. The van der Waals surface area contributed by atoms with E-state index in [-0.39, 0.29) is 6.61 Å². The number of carboxylic acids is 1. The van der Waals surface area contributed by atoms with Crippen molar-refractivity contribution in [3.05, 3.63) is 35.9 Å². The average Bonchev–Trinajstić information content (AvgIpc) is 2.43. The highest BCUT2D eigenvalue weighted by Gasteiger charge is 2.56. The Bertz CT molecular complexity index is 519. The Labute approximate surface area is 125 Å². The van der Waals surface area contributed by atoms with Crippen LogP contribution in [0.3, 0.4) is 0 Å². The van der Waals surface area contributed by atoms with Crippen molar-refractivity contribution in [2.45, 2.75) is 38.1 Å². The van der Waals surface area contributed by atoms with E-state index in [1.54, 1.807) is 35.6 Å². The molecule has 2 N–H and O–H groups in total. The summed E-state index contributed by atoms with van der Waals surface area (Å²) in [4.78, 5) is 22.3. The molecule has 1 rings (SSSR count). The maximum Gasteiger partial charge on any atom is 0.412 e. The molecule has 8 heteroatoms. The van der Waals surface area contributed by atoms with Gasteiger partial charge in [0.2, 0.25) is 0 Å². The smallest absolute Gasteiger partial charge is 0.412 e. The second-order valence-electron chi connectivity index (χ2n) is 4.69. The number of carboxylic acid groups (broad SMARTS) is 1. The number of benzene rings is 1. The molecule has 1 atom stereocenters. The molecule has 5 nitrogen and oxygen atoms in total. The van der Waals surface area contributed by atoms with Crippen molar-refractivity contribution < 1.29 is 32.6 Å². The SMILES string of the molecule is CCC(CC(=O)O)(NC(=O)OCc1ccccc1)C(F)(F)F. The van der Waals surface area contributed by atoms with Crippen molar-refractivity contribution in [1.82, 2.24) is 5.32 Å². The Morgan fingerprint density at radius 3 is 2.27 bits per heavy atom. The van der Waals surface area contributed by atoms with Gasteiger partial charge in [-0.1, -0.05) is 37.3 Å². The van der Waals surface area contributed by atoms with Crippen LogP contribution in [0.2, 0.25) is 0 Å². The van der Waals surface area contributed by atoms with E-state index in [0.29, 0.717) is 5.56 Å². The Hall–Kier alpha value is -2.25. The summed E-state index contributed by atoms with van der Waals surface area (Å²) in [7, 11) is 0. The van der Waals surface area contributed by atoms with Crippen LogP contribution < -0.4 is 5.32 Å². The number of nitrogens with one attached hydrogen (secondary N) is 1. The molecule has 122 valence electrons. The Morgan fingerprint density at radius 2 is 1.82 bits per heavy atom. The number of hydrogen-bond acceptors (Lipinski definition) is 3. The van der Waals surface area contributed by atoms with E-state index in [2.05, 4.69) is 0 Å². The van der Waals surface area contributed by atoms with E-state index in [4.69, 9.17) is 9.84 Å². The topological polar surface area (TPSA) is 75.6 Å². The Morgan fingerprint density at radius 1 is 1.23 bits per heavy atom. The minimum absolute atomic E-state index is 0.211. The number of carbonyl (C=O) groups is 2. The zero-order valence-electron chi connectivity index (χ0n) is 11.8. The molecule has 0 aliphatic rings. The lowest BCUT2D eigenvalue weighted by Gasteiger charge is -2.33. The predicted molar refractivity (Wildman–Crippen MR) is 71.1 cm³/mol. The van der Waals surface area contributed by atoms with Gasteiger partial charge >= 0.3 is 18.2 Å². The molecule has 0 aliphatic carbocycles. The first-order valence-corrected chi connectivity index (χ1v) is 6.47. The lowest BCUT2D eigenvalue weighted by molar-refractivity contribution is -0.201. The van der Waals surface area contributed by atoms with Crippen LogP contribution in [-0.2, 0) is 16.1 Å². The first-order valence-electron chi connectivity index (χ1n) is 6.47. The molecule has 1 unspecified atom stereocenters. The molecule has 0 radical (unpaired) electrons. The van der Waals surface area contributed by atoms with E-state index in [0.717, 1.165) is 6.92 Å². The van der Waals surface area contributed by atoms with Gasteiger partial charge in [0.25, 0.3) is 0 Å². The highest BCUT2D eigenvalue weighted by Crippen LogP contribution is 2.36. The van der Waals surface area contributed by atoms with Crippen molar-refractivity contribution in [2.24, 2.45) is 0 Å². The fourth-order valence-electron chi connectivity index (χ4n) is 1.84.